The van der Waals surface area contributed by atoms with E-state index >= 15 is 0 Å². The van der Waals surface area contributed by atoms with Gasteiger partial charge in [-0.05, 0) is 53.8 Å². The highest BCUT2D eigenvalue weighted by Gasteiger charge is 2.67. The van der Waals surface area contributed by atoms with Gasteiger partial charge in [0.1, 0.15) is 11.4 Å². The molecule has 1 N–H and O–H groups in total. The lowest BCUT2D eigenvalue weighted by Crippen LogP contribution is -2.61. The number of benzene rings is 3. The van der Waals surface area contributed by atoms with Gasteiger partial charge in [0, 0.05) is 49.0 Å². The predicted molar refractivity (Wildman–Crippen MR) is 201 cm³/mol. The van der Waals surface area contributed by atoms with Crippen molar-refractivity contribution in [2.75, 3.05) is 14.2 Å². The van der Waals surface area contributed by atoms with Crippen LogP contribution in [0.25, 0.3) is 21.8 Å². The Morgan fingerprint density at radius 1 is 0.907 bits per heavy atom. The molecule has 3 aliphatic rings. The number of carbonyl (C=O) groups is 2. The standard InChI is InChI=1S/C41H41N5O8/c1-21-22(2)36(49)41(4)34(33-24-11-9-8-10-23(24)12-13-30(33)47)25-14-17-45-38(51)44(39(52)46(45)29(25)20-40(41,3)35(21)48)16-15-26-37(50)43(5)28-19-32(54-7)31(53-6)18-27(28)42-26/h8-14,18-19,29,34,47H,15-17,20H2,1-7H3/t29-,34-,40+,41-/m1/s1. The molecule has 13 heteroatoms. The summed E-state index contributed by atoms with van der Waals surface area (Å²) in [4.78, 5) is 75.7. The number of allylic oxidation sites excluding steroid dienone is 4. The van der Waals surface area contributed by atoms with Gasteiger partial charge in [-0.1, -0.05) is 50.3 Å². The third-order valence-corrected chi connectivity index (χ3v) is 12.7. The van der Waals surface area contributed by atoms with E-state index in [0.717, 1.165) is 15.3 Å². The van der Waals surface area contributed by atoms with E-state index in [9.17, 15) is 29.1 Å². The molecule has 1 aliphatic heterocycles. The summed E-state index contributed by atoms with van der Waals surface area (Å²) in [6.45, 7) is 6.82. The second-order valence-corrected chi connectivity index (χ2v) is 15.0. The lowest BCUT2D eigenvalue weighted by molar-refractivity contribution is -0.151. The van der Waals surface area contributed by atoms with E-state index < -0.39 is 34.2 Å². The van der Waals surface area contributed by atoms with Crippen molar-refractivity contribution in [2.45, 2.75) is 65.6 Å². The van der Waals surface area contributed by atoms with Crippen molar-refractivity contribution in [3.63, 3.8) is 0 Å². The lowest BCUT2D eigenvalue weighted by Gasteiger charge is -2.58. The van der Waals surface area contributed by atoms with Gasteiger partial charge in [0.05, 0.1) is 43.3 Å². The van der Waals surface area contributed by atoms with E-state index in [1.807, 2.05) is 43.3 Å². The highest BCUT2D eigenvalue weighted by atomic mass is 16.5. The van der Waals surface area contributed by atoms with Gasteiger partial charge in [-0.3, -0.25) is 14.4 Å². The molecule has 3 aromatic carbocycles. The van der Waals surface area contributed by atoms with Crippen LogP contribution in [0.5, 0.6) is 17.2 Å². The van der Waals surface area contributed by atoms with E-state index in [1.165, 1.54) is 28.2 Å². The predicted octanol–water partition coefficient (Wildman–Crippen LogP) is 4.35. The van der Waals surface area contributed by atoms with Crippen LogP contribution in [0, 0.1) is 10.8 Å². The molecule has 0 saturated heterocycles. The maximum atomic E-state index is 14.6. The highest BCUT2D eigenvalue weighted by molar-refractivity contribution is 6.17. The number of nitrogens with zero attached hydrogens (tertiary/aromatic N) is 5. The number of hydrogen-bond acceptors (Lipinski definition) is 9. The molecule has 278 valence electrons. The molecule has 2 aliphatic carbocycles. The van der Waals surface area contributed by atoms with Gasteiger partial charge in [-0.2, -0.15) is 0 Å². The van der Waals surface area contributed by atoms with Crippen molar-refractivity contribution in [1.29, 1.82) is 0 Å². The molecule has 4 atom stereocenters. The van der Waals surface area contributed by atoms with Crippen molar-refractivity contribution in [3.05, 3.63) is 114 Å². The molecule has 2 aromatic heterocycles. The minimum atomic E-state index is -1.33. The van der Waals surface area contributed by atoms with E-state index in [4.69, 9.17) is 9.47 Å². The Kier molecular flexibility index (Phi) is 7.81. The second-order valence-electron chi connectivity index (χ2n) is 15.0. The number of ether oxygens (including phenoxy) is 2. The average Bonchev–Trinajstić information content (AvgIpc) is 3.42. The number of phenols is 1. The first-order valence-electron chi connectivity index (χ1n) is 17.9. The molecule has 1 saturated carbocycles. The van der Waals surface area contributed by atoms with Gasteiger partial charge in [-0.15, -0.1) is 0 Å². The van der Waals surface area contributed by atoms with E-state index in [0.29, 0.717) is 44.8 Å². The summed E-state index contributed by atoms with van der Waals surface area (Å²) >= 11 is 0. The first kappa shape index (κ1) is 35.1. The Morgan fingerprint density at radius 2 is 1.59 bits per heavy atom. The van der Waals surface area contributed by atoms with Crippen LogP contribution in [0.4, 0.5) is 0 Å². The fourth-order valence-corrected chi connectivity index (χ4v) is 9.42. The molecule has 0 amide bonds. The first-order chi connectivity index (χ1) is 25.7. The van der Waals surface area contributed by atoms with Crippen molar-refractivity contribution in [1.82, 2.24) is 23.5 Å². The molecule has 1 fully saturated rings. The SMILES string of the molecule is COc1cc2nc(CCn3c(=O)n4n(c3=O)[C@@H]3C[C@@]5(C)C(=O)C(C)=C(C)C(=O)[C@@]5(C)[C@@H](c5c(O)ccc6ccccc56)C3=CC4)c(=O)n(C)c2cc1OC. The van der Waals surface area contributed by atoms with Crippen LogP contribution < -0.4 is 26.4 Å². The Hall–Kier alpha value is -5.98. The zero-order valence-electron chi connectivity index (χ0n) is 31.2. The first-order valence-corrected chi connectivity index (χ1v) is 17.9. The Bertz CT molecular complexity index is 2750. The third kappa shape index (κ3) is 4.50. The van der Waals surface area contributed by atoms with Crippen molar-refractivity contribution in [2.24, 2.45) is 17.9 Å². The summed E-state index contributed by atoms with van der Waals surface area (Å²) < 4.78 is 16.1. The van der Waals surface area contributed by atoms with E-state index in [2.05, 4.69) is 4.98 Å². The van der Waals surface area contributed by atoms with E-state index in [-0.39, 0.29) is 54.5 Å². The smallest absolute Gasteiger partial charge is 0.347 e. The maximum absolute atomic E-state index is 14.6. The van der Waals surface area contributed by atoms with Crippen LogP contribution in [0.3, 0.4) is 0 Å². The monoisotopic (exact) mass is 731 g/mol. The third-order valence-electron chi connectivity index (χ3n) is 12.7. The van der Waals surface area contributed by atoms with E-state index in [1.54, 1.807) is 46.0 Å². The van der Waals surface area contributed by atoms with Crippen LogP contribution >= 0.6 is 0 Å². The van der Waals surface area contributed by atoms with Crippen molar-refractivity contribution >= 4 is 33.4 Å². The molecule has 5 aromatic rings. The average molecular weight is 732 g/mol. The molecular weight excluding hydrogens is 690 g/mol. The number of fused-ring (bicyclic) bond motifs is 6. The number of carbonyl (C=O) groups excluding carboxylic acids is 2. The number of Topliss-reactive ketones (excluding diaryl/α,β-unsaturated/α-hetero) is 2. The number of aromatic nitrogens is 5. The number of hydrogen-bond donors (Lipinski definition) is 1. The van der Waals surface area contributed by atoms with Crippen LogP contribution in [-0.2, 0) is 36.1 Å². The molecule has 13 nitrogen and oxygen atoms in total. The summed E-state index contributed by atoms with van der Waals surface area (Å²) in [5, 5.41) is 13.2. The molecule has 8 rings (SSSR count). The fourth-order valence-electron chi connectivity index (χ4n) is 9.42. The summed E-state index contributed by atoms with van der Waals surface area (Å²) in [7, 11) is 4.62. The van der Waals surface area contributed by atoms with Crippen LogP contribution in [0.2, 0.25) is 0 Å². The number of ketones is 2. The molecule has 0 bridgehead atoms. The highest BCUT2D eigenvalue weighted by Crippen LogP contribution is 2.67. The number of methoxy groups -OCH3 is 2. The summed E-state index contributed by atoms with van der Waals surface area (Å²) in [5.74, 6) is -0.353. The molecule has 0 radical (unpaired) electrons. The number of rotatable bonds is 6. The van der Waals surface area contributed by atoms with Gasteiger partial charge >= 0.3 is 11.4 Å². The molecule has 0 unspecified atom stereocenters. The number of aromatic hydroxyl groups is 1. The van der Waals surface area contributed by atoms with Gasteiger partial charge in [0.25, 0.3) is 5.56 Å². The van der Waals surface area contributed by atoms with Gasteiger partial charge < -0.3 is 19.1 Å². The number of phenolic OH excluding ortho intramolecular Hbond substituents is 1. The quantitative estimate of drug-likeness (QED) is 0.251. The van der Waals surface area contributed by atoms with Gasteiger partial charge in [-0.25, -0.2) is 28.5 Å². The molecular formula is C41H41N5O8. The zero-order chi connectivity index (χ0) is 38.6. The minimum Gasteiger partial charge on any atom is -0.508 e. The topological polar surface area (TPSA) is 157 Å². The van der Waals surface area contributed by atoms with Crippen molar-refractivity contribution in [3.8, 4) is 17.2 Å². The summed E-state index contributed by atoms with van der Waals surface area (Å²) in [6.07, 6.45) is 1.93. The molecule has 54 heavy (non-hydrogen) atoms. The molecule has 0 spiro atoms. The van der Waals surface area contributed by atoms with Crippen LogP contribution in [0.15, 0.2) is 85.7 Å². The summed E-state index contributed by atoms with van der Waals surface area (Å²) in [5.41, 5.74) is -1.10. The van der Waals surface area contributed by atoms with Gasteiger partial charge in [0.15, 0.2) is 23.1 Å². The second kappa shape index (κ2) is 12.0. The fraction of sp³-hybridized carbons (Fsp3) is 0.366. The Morgan fingerprint density at radius 3 is 2.31 bits per heavy atom. The van der Waals surface area contributed by atoms with Gasteiger partial charge in [0.2, 0.25) is 0 Å². The van der Waals surface area contributed by atoms with Crippen molar-refractivity contribution < 1.29 is 24.2 Å². The number of aryl methyl sites for hydroxylation is 2. The Labute approximate surface area is 309 Å². The largest absolute Gasteiger partial charge is 0.508 e. The maximum Gasteiger partial charge on any atom is 0.347 e. The molecule has 3 heterocycles. The lowest BCUT2D eigenvalue weighted by atomic mass is 9.43. The normalized spacial score (nSPS) is 23.6. The van der Waals surface area contributed by atoms with Crippen LogP contribution in [0.1, 0.15) is 57.3 Å². The summed E-state index contributed by atoms with van der Waals surface area (Å²) in [6, 6.07) is 13.5. The zero-order valence-corrected chi connectivity index (χ0v) is 31.2. The van der Waals surface area contributed by atoms with Crippen LogP contribution in [-0.4, -0.2) is 54.4 Å². The minimum absolute atomic E-state index is 0.0143. The Balaban J connectivity index is 1.27.